The fourth-order valence-corrected chi connectivity index (χ4v) is 6.07. The van der Waals surface area contributed by atoms with Crippen molar-refractivity contribution in [2.24, 2.45) is 16.5 Å². The lowest BCUT2D eigenvalue weighted by atomic mass is 9.99. The van der Waals surface area contributed by atoms with Crippen molar-refractivity contribution >= 4 is 48.4 Å². The number of rotatable bonds is 10. The van der Waals surface area contributed by atoms with E-state index in [0.717, 1.165) is 18.1 Å². The Bertz CT molecular complexity index is 1590. The molecule has 2 rings (SSSR count). The van der Waals surface area contributed by atoms with Gasteiger partial charge in [-0.2, -0.15) is 4.99 Å². The maximum atomic E-state index is 12.1. The van der Waals surface area contributed by atoms with Crippen molar-refractivity contribution in [3.63, 3.8) is 0 Å². The number of hydrogen-bond acceptors (Lipinski definition) is 6. The van der Waals surface area contributed by atoms with Crippen LogP contribution in [0.5, 0.6) is 0 Å². The molecule has 2 aromatic carbocycles. The Labute approximate surface area is 248 Å². The molecular weight excluding hydrogens is 586 g/mol. The van der Waals surface area contributed by atoms with E-state index in [2.05, 4.69) is 4.99 Å². The highest BCUT2D eigenvalue weighted by molar-refractivity contribution is 7.91. The molecule has 0 unspecified atom stereocenters. The first kappa shape index (κ1) is 35.7. The number of hydrogen-bond donors (Lipinski definition) is 2. The summed E-state index contributed by atoms with van der Waals surface area (Å²) in [5, 5.41) is -0.626. The largest absolute Gasteiger partial charge is 0.370 e. The summed E-state index contributed by atoms with van der Waals surface area (Å²) in [5.74, 6) is -0.995. The Morgan fingerprint density at radius 3 is 1.46 bits per heavy atom. The molecule has 2 aromatic rings. The number of allylic oxidation sites excluding steroid dienone is 4. The molecule has 0 heterocycles. The second kappa shape index (κ2) is 15.6. The van der Waals surface area contributed by atoms with Gasteiger partial charge in [0.25, 0.3) is 11.1 Å². The Balaban J connectivity index is 0.000000414. The first-order chi connectivity index (χ1) is 19.0. The van der Waals surface area contributed by atoms with E-state index in [-0.39, 0.29) is 26.9 Å². The van der Waals surface area contributed by atoms with Gasteiger partial charge >= 0.3 is 0 Å². The highest BCUT2D eigenvalue weighted by atomic mass is 35.5. The van der Waals surface area contributed by atoms with Crippen LogP contribution in [0.15, 0.2) is 63.4 Å². The highest BCUT2D eigenvalue weighted by Crippen LogP contribution is 2.25. The fraction of sp³-hybridized carbons (Fsp3) is 0.345. The predicted octanol–water partition coefficient (Wildman–Crippen LogP) is 4.33. The summed E-state index contributed by atoms with van der Waals surface area (Å²) in [5.41, 5.74) is 13.7. The number of aliphatic imine (C=N–C) groups is 1. The van der Waals surface area contributed by atoms with E-state index in [1.165, 1.54) is 12.1 Å². The summed E-state index contributed by atoms with van der Waals surface area (Å²) in [6.07, 6.45) is 11.9. The number of amides is 1. The summed E-state index contributed by atoms with van der Waals surface area (Å²) >= 11 is 5.52. The lowest BCUT2D eigenvalue weighted by Crippen LogP contribution is -2.24. The van der Waals surface area contributed by atoms with E-state index in [0.29, 0.717) is 42.4 Å². The van der Waals surface area contributed by atoms with Gasteiger partial charge in [0.05, 0.1) is 9.79 Å². The van der Waals surface area contributed by atoms with Gasteiger partial charge in [-0.3, -0.25) is 9.59 Å². The lowest BCUT2D eigenvalue weighted by Gasteiger charge is -2.12. The van der Waals surface area contributed by atoms with Crippen LogP contribution in [0.25, 0.3) is 0 Å². The van der Waals surface area contributed by atoms with Crippen molar-refractivity contribution < 1.29 is 26.4 Å². The van der Waals surface area contributed by atoms with Gasteiger partial charge in [-0.05, 0) is 85.5 Å². The van der Waals surface area contributed by atoms with Crippen molar-refractivity contribution in [2.45, 2.75) is 63.2 Å². The van der Waals surface area contributed by atoms with Gasteiger partial charge < -0.3 is 11.5 Å². The molecule has 224 valence electrons. The molecule has 0 bridgehead atoms. The van der Waals surface area contributed by atoms with Crippen molar-refractivity contribution in [1.82, 2.24) is 0 Å². The molecule has 12 heteroatoms. The van der Waals surface area contributed by atoms with Crippen LogP contribution in [0.4, 0.5) is 0 Å². The molecule has 0 spiro atoms. The monoisotopic (exact) mass is 623 g/mol. The number of guanidine groups is 1. The highest BCUT2D eigenvalue weighted by Gasteiger charge is 2.20. The number of carbonyl (C=O) groups is 2. The maximum Gasteiger partial charge on any atom is 0.280 e. The number of benzene rings is 2. The molecule has 0 aliphatic heterocycles. The van der Waals surface area contributed by atoms with E-state index < -0.39 is 30.8 Å². The normalized spacial score (nSPS) is 11.8. The number of sulfone groups is 2. The molecular formula is C29H38ClN3O6S2. The molecule has 41 heavy (non-hydrogen) atoms. The standard InChI is InChI=1S/C15H21N3O3S.C14H17ClO3S/c1-4-6-7-11-8-10(5-2)12(14(19)18-15(16)17)9-13(11)22(3,20)21;1-4-6-7-11-8-10(5-2)12(14(15)16)9-13(11)19(3,17)18/h4,6,8-9H,5,7H2,1-3H3,(H4,16,17,18,19);4,6,8-9H,5,7H2,1-3H3. The van der Waals surface area contributed by atoms with E-state index in [4.69, 9.17) is 23.1 Å². The van der Waals surface area contributed by atoms with Crippen LogP contribution < -0.4 is 11.5 Å². The van der Waals surface area contributed by atoms with Gasteiger partial charge in [0, 0.05) is 23.6 Å². The number of nitrogens with two attached hydrogens (primary N) is 2. The van der Waals surface area contributed by atoms with Crippen LogP contribution in [0, 0.1) is 0 Å². The minimum atomic E-state index is -3.47. The van der Waals surface area contributed by atoms with Crippen molar-refractivity contribution in [1.29, 1.82) is 0 Å². The molecule has 0 aliphatic carbocycles. The van der Waals surface area contributed by atoms with Crippen molar-refractivity contribution in [3.05, 3.63) is 82.0 Å². The van der Waals surface area contributed by atoms with Gasteiger partial charge in [-0.25, -0.2) is 16.8 Å². The maximum absolute atomic E-state index is 12.1. The van der Waals surface area contributed by atoms with Crippen LogP contribution in [0.3, 0.4) is 0 Å². The molecule has 0 atom stereocenters. The minimum absolute atomic E-state index is 0.122. The van der Waals surface area contributed by atoms with Crippen LogP contribution >= 0.6 is 11.6 Å². The van der Waals surface area contributed by atoms with E-state index in [9.17, 15) is 26.4 Å². The average molecular weight is 624 g/mol. The van der Waals surface area contributed by atoms with E-state index >= 15 is 0 Å². The Morgan fingerprint density at radius 2 is 1.15 bits per heavy atom. The molecule has 0 saturated heterocycles. The summed E-state index contributed by atoms with van der Waals surface area (Å²) in [6, 6.07) is 6.24. The second-order valence-electron chi connectivity index (χ2n) is 9.15. The molecule has 0 radical (unpaired) electrons. The Kier molecular flexibility index (Phi) is 13.6. The summed E-state index contributed by atoms with van der Waals surface area (Å²) in [7, 11) is -6.86. The van der Waals surface area contributed by atoms with Crippen LogP contribution in [-0.2, 0) is 45.4 Å². The third-order valence-electron chi connectivity index (χ3n) is 5.95. The van der Waals surface area contributed by atoms with Crippen LogP contribution in [0.2, 0.25) is 0 Å². The molecule has 1 amide bonds. The fourth-order valence-electron chi connectivity index (χ4n) is 3.99. The minimum Gasteiger partial charge on any atom is -0.370 e. The predicted molar refractivity (Wildman–Crippen MR) is 165 cm³/mol. The Hall–Kier alpha value is -3.28. The van der Waals surface area contributed by atoms with E-state index in [1.54, 1.807) is 12.1 Å². The van der Waals surface area contributed by atoms with Gasteiger partial charge in [0.2, 0.25) is 0 Å². The first-order valence-electron chi connectivity index (χ1n) is 12.8. The zero-order valence-corrected chi connectivity index (χ0v) is 26.6. The van der Waals surface area contributed by atoms with Gasteiger partial charge in [0.15, 0.2) is 25.6 Å². The van der Waals surface area contributed by atoms with Crippen LogP contribution in [0.1, 0.15) is 70.7 Å². The SMILES string of the molecule is CC=CCc1cc(CC)c(C(=O)Cl)cc1S(C)(=O)=O.CC=CCc1cc(CC)c(C(=O)N=C(N)N)cc1S(C)(=O)=O. The second-order valence-corrected chi connectivity index (χ2v) is 13.5. The number of carbonyl (C=O) groups excluding carboxylic acids is 2. The summed E-state index contributed by atoms with van der Waals surface area (Å²) in [4.78, 5) is 27.3. The molecule has 0 saturated carbocycles. The molecule has 0 fully saturated rings. The smallest absolute Gasteiger partial charge is 0.280 e. The number of nitrogens with zero attached hydrogens (tertiary/aromatic N) is 1. The Morgan fingerprint density at radius 1 is 0.756 bits per heavy atom. The lowest BCUT2D eigenvalue weighted by molar-refractivity contribution is 0.100. The molecule has 4 N–H and O–H groups in total. The molecule has 9 nitrogen and oxygen atoms in total. The topological polar surface area (TPSA) is 167 Å². The van der Waals surface area contributed by atoms with Gasteiger partial charge in [-0.1, -0.05) is 50.3 Å². The molecule has 0 aromatic heterocycles. The average Bonchev–Trinajstić information content (AvgIpc) is 2.88. The zero-order valence-electron chi connectivity index (χ0n) is 24.2. The van der Waals surface area contributed by atoms with Gasteiger partial charge in [-0.15, -0.1) is 0 Å². The quantitative estimate of drug-likeness (QED) is 0.171. The zero-order chi connectivity index (χ0) is 31.5. The van der Waals surface area contributed by atoms with Crippen molar-refractivity contribution in [3.8, 4) is 0 Å². The summed E-state index contributed by atoms with van der Waals surface area (Å²) < 4.78 is 47.6. The van der Waals surface area contributed by atoms with Gasteiger partial charge in [0.1, 0.15) is 0 Å². The van der Waals surface area contributed by atoms with Crippen LogP contribution in [-0.4, -0.2) is 46.5 Å². The number of aryl methyl sites for hydroxylation is 2. The van der Waals surface area contributed by atoms with E-state index in [1.807, 2.05) is 52.0 Å². The first-order valence-corrected chi connectivity index (χ1v) is 16.9. The molecule has 0 aliphatic rings. The number of halogens is 1. The van der Waals surface area contributed by atoms with Crippen molar-refractivity contribution in [2.75, 3.05) is 12.5 Å². The third-order valence-corrected chi connectivity index (χ3v) is 8.51. The third kappa shape index (κ3) is 10.6. The summed E-state index contributed by atoms with van der Waals surface area (Å²) in [6.45, 7) is 7.51.